The van der Waals surface area contributed by atoms with Crippen LogP contribution >= 0.6 is 0 Å². The van der Waals surface area contributed by atoms with Crippen LogP contribution in [-0.2, 0) is 19.8 Å². The van der Waals surface area contributed by atoms with Crippen LogP contribution in [0.3, 0.4) is 0 Å². The minimum absolute atomic E-state index is 0.0352. The molecule has 0 unspecified atom stereocenters. The summed E-state index contributed by atoms with van der Waals surface area (Å²) in [6, 6.07) is 9.36. The Balaban J connectivity index is 2.10. The smallest absolute Gasteiger partial charge is 0.132 e. The molecule has 0 aliphatic carbocycles. The van der Waals surface area contributed by atoms with E-state index in [1.54, 1.807) is 0 Å². The first-order valence-electron chi connectivity index (χ1n) is 5.66. The summed E-state index contributed by atoms with van der Waals surface area (Å²) < 4.78 is 7.12. The molecule has 1 aromatic heterocycles. The molecule has 2 N–H and O–H groups in total. The Morgan fingerprint density at radius 2 is 1.94 bits per heavy atom. The number of aliphatic hydroxyl groups is 2. The van der Waals surface area contributed by atoms with E-state index in [9.17, 15) is 0 Å². The molecule has 0 spiro atoms. The lowest BCUT2D eigenvalue weighted by Crippen LogP contribution is -2.11. The van der Waals surface area contributed by atoms with Gasteiger partial charge in [0.05, 0.1) is 19.8 Å². The summed E-state index contributed by atoms with van der Waals surface area (Å²) in [6.07, 6.45) is 0. The zero-order chi connectivity index (χ0) is 12.8. The number of aromatic nitrogens is 3. The van der Waals surface area contributed by atoms with Gasteiger partial charge in [-0.3, -0.25) is 0 Å². The van der Waals surface area contributed by atoms with Crippen molar-refractivity contribution >= 4 is 0 Å². The lowest BCUT2D eigenvalue weighted by Gasteiger charge is -2.08. The van der Waals surface area contributed by atoms with Crippen molar-refractivity contribution in [3.05, 3.63) is 41.7 Å². The van der Waals surface area contributed by atoms with Gasteiger partial charge in [0.25, 0.3) is 0 Å². The van der Waals surface area contributed by atoms with Crippen LogP contribution in [0.1, 0.15) is 11.4 Å². The minimum atomic E-state index is -0.196. The van der Waals surface area contributed by atoms with E-state index in [-0.39, 0.29) is 19.8 Å². The van der Waals surface area contributed by atoms with E-state index in [4.69, 9.17) is 14.9 Å². The predicted molar refractivity (Wildman–Crippen MR) is 63.8 cm³/mol. The van der Waals surface area contributed by atoms with Gasteiger partial charge in [-0.25, -0.2) is 4.68 Å². The van der Waals surface area contributed by atoms with Crippen molar-refractivity contribution < 1.29 is 14.9 Å². The molecule has 1 aromatic carbocycles. The van der Waals surface area contributed by atoms with Crippen molar-refractivity contribution in [2.45, 2.75) is 19.8 Å². The third-order valence-electron chi connectivity index (χ3n) is 2.50. The molecule has 0 bridgehead atoms. The quantitative estimate of drug-likeness (QED) is 0.771. The Morgan fingerprint density at radius 1 is 1.17 bits per heavy atom. The van der Waals surface area contributed by atoms with Gasteiger partial charge >= 0.3 is 0 Å². The first-order valence-corrected chi connectivity index (χ1v) is 5.66. The van der Waals surface area contributed by atoms with Gasteiger partial charge in [-0.1, -0.05) is 23.4 Å². The van der Waals surface area contributed by atoms with Gasteiger partial charge in [-0.15, -0.1) is 5.10 Å². The Bertz CT molecular complexity index is 485. The molecule has 1 heterocycles. The first kappa shape index (κ1) is 12.5. The number of aliphatic hydroxyl groups excluding tert-OH is 2. The maximum atomic E-state index is 9.16. The van der Waals surface area contributed by atoms with E-state index >= 15 is 0 Å². The van der Waals surface area contributed by atoms with Gasteiger partial charge in [-0.2, -0.15) is 0 Å². The van der Waals surface area contributed by atoms with Gasteiger partial charge < -0.3 is 14.9 Å². The van der Waals surface area contributed by atoms with E-state index in [1.165, 1.54) is 4.68 Å². The second kappa shape index (κ2) is 6.13. The van der Waals surface area contributed by atoms with E-state index in [0.717, 1.165) is 5.75 Å². The molecule has 0 saturated heterocycles. The molecular weight excluding hydrogens is 234 g/mol. The summed E-state index contributed by atoms with van der Waals surface area (Å²) in [4.78, 5) is 0. The molecule has 0 atom stereocenters. The maximum Gasteiger partial charge on any atom is 0.132 e. The molecule has 96 valence electrons. The second-order valence-corrected chi connectivity index (χ2v) is 3.69. The number of benzene rings is 1. The molecule has 0 aliphatic rings. The fraction of sp³-hybridized carbons (Fsp3) is 0.333. The summed E-state index contributed by atoms with van der Waals surface area (Å²) in [6.45, 7) is 0.360. The number of para-hydroxylation sites is 1. The van der Waals surface area contributed by atoms with Gasteiger partial charge in [0.2, 0.25) is 0 Å². The highest BCUT2D eigenvalue weighted by Gasteiger charge is 2.12. The van der Waals surface area contributed by atoms with Crippen molar-refractivity contribution in [3.63, 3.8) is 0 Å². The zero-order valence-corrected chi connectivity index (χ0v) is 9.86. The van der Waals surface area contributed by atoms with E-state index < -0.39 is 0 Å². The fourth-order valence-electron chi connectivity index (χ4n) is 1.59. The molecule has 6 nitrogen and oxygen atoms in total. The van der Waals surface area contributed by atoms with Crippen molar-refractivity contribution in [3.8, 4) is 5.75 Å². The van der Waals surface area contributed by atoms with Crippen LogP contribution in [0.15, 0.2) is 30.3 Å². The highest BCUT2D eigenvalue weighted by molar-refractivity contribution is 5.21. The van der Waals surface area contributed by atoms with Crippen molar-refractivity contribution in [1.82, 2.24) is 15.0 Å². The number of rotatable bonds is 6. The van der Waals surface area contributed by atoms with Crippen LogP contribution in [0.4, 0.5) is 0 Å². The van der Waals surface area contributed by atoms with E-state index in [0.29, 0.717) is 17.9 Å². The Kier molecular flexibility index (Phi) is 4.27. The fourth-order valence-corrected chi connectivity index (χ4v) is 1.59. The van der Waals surface area contributed by atoms with Crippen LogP contribution in [0.5, 0.6) is 5.75 Å². The predicted octanol–water partition coefficient (Wildman–Crippen LogP) is 0.342. The van der Waals surface area contributed by atoms with Crippen molar-refractivity contribution in [2.75, 3.05) is 6.61 Å². The molecule has 0 aliphatic heterocycles. The third-order valence-corrected chi connectivity index (χ3v) is 2.50. The molecule has 2 rings (SSSR count). The van der Waals surface area contributed by atoms with Gasteiger partial charge in [0.1, 0.15) is 23.7 Å². The highest BCUT2D eigenvalue weighted by Crippen LogP contribution is 2.13. The van der Waals surface area contributed by atoms with Crippen LogP contribution in [-0.4, -0.2) is 31.8 Å². The first-order chi connectivity index (χ1) is 8.85. The lowest BCUT2D eigenvalue weighted by atomic mass is 10.3. The molecule has 0 amide bonds. The second-order valence-electron chi connectivity index (χ2n) is 3.69. The maximum absolute atomic E-state index is 9.16. The van der Waals surface area contributed by atoms with Crippen molar-refractivity contribution in [1.29, 1.82) is 0 Å². The number of ether oxygens (including phenoxy) is 1. The Morgan fingerprint density at radius 3 is 2.61 bits per heavy atom. The summed E-state index contributed by atoms with van der Waals surface area (Å²) in [7, 11) is 0. The summed E-state index contributed by atoms with van der Waals surface area (Å²) in [5, 5.41) is 25.8. The highest BCUT2D eigenvalue weighted by atomic mass is 16.5. The number of nitrogens with zero attached hydrogens (tertiary/aromatic N) is 3. The van der Waals surface area contributed by atoms with Crippen molar-refractivity contribution in [2.24, 2.45) is 0 Å². The third kappa shape index (κ3) is 2.85. The molecular formula is C12H15N3O3. The Labute approximate surface area is 104 Å². The molecule has 2 aromatic rings. The molecule has 6 heteroatoms. The summed E-state index contributed by atoms with van der Waals surface area (Å²) in [5.41, 5.74) is 1.15. The Hall–Kier alpha value is -1.92. The SMILES string of the molecule is OCCn1nnc(CO)c1COc1ccccc1. The van der Waals surface area contributed by atoms with E-state index in [2.05, 4.69) is 10.3 Å². The average molecular weight is 249 g/mol. The summed E-state index contributed by atoms with van der Waals surface area (Å²) in [5.74, 6) is 0.734. The van der Waals surface area contributed by atoms with Crippen LogP contribution in [0.25, 0.3) is 0 Å². The van der Waals surface area contributed by atoms with Gasteiger partial charge in [0.15, 0.2) is 0 Å². The molecule has 0 radical (unpaired) electrons. The molecule has 0 fully saturated rings. The number of hydrogen-bond donors (Lipinski definition) is 2. The zero-order valence-electron chi connectivity index (χ0n) is 9.86. The molecule has 18 heavy (non-hydrogen) atoms. The molecule has 0 saturated carbocycles. The summed E-state index contributed by atoms with van der Waals surface area (Å²) >= 11 is 0. The van der Waals surface area contributed by atoms with Crippen LogP contribution < -0.4 is 4.74 Å². The standard InChI is InChI=1S/C12H15N3O3/c16-7-6-15-12(11(8-17)13-14-15)9-18-10-4-2-1-3-5-10/h1-5,16-17H,6-9H2. The number of hydrogen-bond acceptors (Lipinski definition) is 5. The minimum Gasteiger partial charge on any atom is -0.487 e. The largest absolute Gasteiger partial charge is 0.487 e. The van der Waals surface area contributed by atoms with E-state index in [1.807, 2.05) is 30.3 Å². The van der Waals surface area contributed by atoms with Crippen LogP contribution in [0, 0.1) is 0 Å². The van der Waals surface area contributed by atoms with Gasteiger partial charge in [-0.05, 0) is 12.1 Å². The monoisotopic (exact) mass is 249 g/mol. The average Bonchev–Trinajstić information content (AvgIpc) is 2.80. The normalized spacial score (nSPS) is 10.6. The van der Waals surface area contributed by atoms with Gasteiger partial charge in [0, 0.05) is 0 Å². The van der Waals surface area contributed by atoms with Crippen LogP contribution in [0.2, 0.25) is 0 Å². The topological polar surface area (TPSA) is 80.4 Å². The lowest BCUT2D eigenvalue weighted by molar-refractivity contribution is 0.246.